The minimum absolute atomic E-state index is 0.254. The van der Waals surface area contributed by atoms with Gasteiger partial charge in [0.25, 0.3) is 11.8 Å². The van der Waals surface area contributed by atoms with Crippen molar-refractivity contribution in [2.75, 3.05) is 11.9 Å². The highest BCUT2D eigenvalue weighted by Crippen LogP contribution is 2.31. The molecule has 2 amide bonds. The number of anilines is 1. The number of carbonyl (C=O) groups is 2. The summed E-state index contributed by atoms with van der Waals surface area (Å²) in [6, 6.07) is 25.4. The number of amides is 2. The first-order chi connectivity index (χ1) is 14.5. The van der Waals surface area contributed by atoms with Gasteiger partial charge in [0.2, 0.25) is 0 Å². The summed E-state index contributed by atoms with van der Waals surface area (Å²) < 4.78 is 0. The van der Waals surface area contributed by atoms with E-state index in [1.54, 1.807) is 0 Å². The molecule has 3 aromatic carbocycles. The molecule has 0 fully saturated rings. The first kappa shape index (κ1) is 19.6. The summed E-state index contributed by atoms with van der Waals surface area (Å²) in [4.78, 5) is 28.0. The molecule has 0 saturated carbocycles. The summed E-state index contributed by atoms with van der Waals surface area (Å²) in [7, 11) is 0. The van der Waals surface area contributed by atoms with Crippen LogP contribution in [-0.2, 0) is 16.0 Å². The number of nitrogens with one attached hydrogen (secondary N) is 1. The topological polar surface area (TPSA) is 49.4 Å². The number of imide groups is 1. The molecule has 0 bridgehead atoms. The number of hydrogen-bond acceptors (Lipinski definition) is 3. The average molecular weight is 396 g/mol. The Balaban J connectivity index is 1.69. The Kier molecular flexibility index (Phi) is 5.48. The van der Waals surface area contributed by atoms with Crippen molar-refractivity contribution in [3.05, 3.63) is 107 Å². The fourth-order valence-corrected chi connectivity index (χ4v) is 3.62. The second kappa shape index (κ2) is 8.37. The standard InChI is InChI=1S/C26H24N2O2/c1-18-12-14-21(15-13-18)23-24(27-22-11-7-6-8-19(22)2)26(30)28(25(23)29)17-16-20-9-4-3-5-10-20/h3-15,27H,16-17H2,1-2H3. The number of benzene rings is 3. The number of carbonyl (C=O) groups excluding carboxylic acids is 2. The molecule has 0 spiro atoms. The van der Waals surface area contributed by atoms with E-state index in [1.807, 2.05) is 92.7 Å². The van der Waals surface area contributed by atoms with Gasteiger partial charge in [0.1, 0.15) is 5.70 Å². The summed E-state index contributed by atoms with van der Waals surface area (Å²) in [5, 5.41) is 3.25. The van der Waals surface area contributed by atoms with E-state index in [0.29, 0.717) is 24.2 Å². The highest BCUT2D eigenvalue weighted by atomic mass is 16.2. The molecule has 3 aromatic rings. The predicted molar refractivity (Wildman–Crippen MR) is 120 cm³/mol. The fraction of sp³-hybridized carbons (Fsp3) is 0.154. The van der Waals surface area contributed by atoms with Crippen LogP contribution in [0.15, 0.2) is 84.6 Å². The number of rotatable bonds is 6. The quantitative estimate of drug-likeness (QED) is 0.613. The lowest BCUT2D eigenvalue weighted by Gasteiger charge is -2.15. The van der Waals surface area contributed by atoms with E-state index in [-0.39, 0.29) is 11.8 Å². The van der Waals surface area contributed by atoms with Crippen molar-refractivity contribution in [1.82, 2.24) is 4.90 Å². The molecule has 0 atom stereocenters. The Hall–Kier alpha value is -3.66. The Morgan fingerprint density at radius 1 is 0.767 bits per heavy atom. The van der Waals surface area contributed by atoms with Gasteiger partial charge in [0.15, 0.2) is 0 Å². The summed E-state index contributed by atoms with van der Waals surface area (Å²) in [5.41, 5.74) is 5.54. The number of nitrogens with zero attached hydrogens (tertiary/aromatic N) is 1. The molecule has 4 heteroatoms. The second-order valence-corrected chi connectivity index (χ2v) is 7.55. The lowest BCUT2D eigenvalue weighted by atomic mass is 10.0. The minimum Gasteiger partial charge on any atom is -0.350 e. The maximum absolute atomic E-state index is 13.3. The molecule has 150 valence electrons. The molecule has 0 aromatic heterocycles. The molecule has 0 aliphatic carbocycles. The van der Waals surface area contributed by atoms with E-state index < -0.39 is 0 Å². The van der Waals surface area contributed by atoms with Crippen LogP contribution in [0.2, 0.25) is 0 Å². The third kappa shape index (κ3) is 3.90. The van der Waals surface area contributed by atoms with E-state index in [1.165, 1.54) is 4.90 Å². The van der Waals surface area contributed by atoms with Crippen LogP contribution in [0.3, 0.4) is 0 Å². The third-order valence-electron chi connectivity index (χ3n) is 5.38. The minimum atomic E-state index is -0.283. The Bertz CT molecular complexity index is 1120. The van der Waals surface area contributed by atoms with Crippen molar-refractivity contribution in [1.29, 1.82) is 0 Å². The van der Waals surface area contributed by atoms with Crippen molar-refractivity contribution in [3.63, 3.8) is 0 Å². The molecule has 1 N–H and O–H groups in total. The van der Waals surface area contributed by atoms with Gasteiger partial charge < -0.3 is 5.32 Å². The summed E-state index contributed by atoms with van der Waals surface area (Å²) in [5.74, 6) is -0.536. The molecule has 1 aliphatic rings. The third-order valence-corrected chi connectivity index (χ3v) is 5.38. The first-order valence-electron chi connectivity index (χ1n) is 10.1. The SMILES string of the molecule is Cc1ccc(C2=C(Nc3ccccc3C)C(=O)N(CCc3ccccc3)C2=O)cc1. The van der Waals surface area contributed by atoms with Crippen molar-refractivity contribution in [3.8, 4) is 0 Å². The van der Waals surface area contributed by atoms with Crippen LogP contribution >= 0.6 is 0 Å². The summed E-state index contributed by atoms with van der Waals surface area (Å²) in [6.45, 7) is 4.32. The van der Waals surface area contributed by atoms with Crippen molar-refractivity contribution in [2.45, 2.75) is 20.3 Å². The molecule has 4 nitrogen and oxygen atoms in total. The zero-order chi connectivity index (χ0) is 21.1. The van der Waals surface area contributed by atoms with Crippen LogP contribution in [0.1, 0.15) is 22.3 Å². The van der Waals surface area contributed by atoms with Crippen LogP contribution in [0.4, 0.5) is 5.69 Å². The van der Waals surface area contributed by atoms with Gasteiger partial charge in [-0.1, -0.05) is 78.4 Å². The van der Waals surface area contributed by atoms with E-state index in [4.69, 9.17) is 0 Å². The maximum Gasteiger partial charge on any atom is 0.278 e. The molecular weight excluding hydrogens is 372 g/mol. The van der Waals surface area contributed by atoms with Gasteiger partial charge in [-0.3, -0.25) is 14.5 Å². The number of aryl methyl sites for hydroxylation is 2. The smallest absolute Gasteiger partial charge is 0.278 e. The molecule has 1 aliphatic heterocycles. The molecule has 4 rings (SSSR count). The summed E-state index contributed by atoms with van der Waals surface area (Å²) in [6.07, 6.45) is 0.622. The van der Waals surface area contributed by atoms with Crippen LogP contribution in [0.5, 0.6) is 0 Å². The number of hydrogen-bond donors (Lipinski definition) is 1. The highest BCUT2D eigenvalue weighted by Gasteiger charge is 2.39. The van der Waals surface area contributed by atoms with E-state index >= 15 is 0 Å². The van der Waals surface area contributed by atoms with Crippen LogP contribution in [-0.4, -0.2) is 23.3 Å². The first-order valence-corrected chi connectivity index (χ1v) is 10.1. The van der Waals surface area contributed by atoms with Crippen LogP contribution in [0.25, 0.3) is 5.57 Å². The van der Waals surface area contributed by atoms with E-state index in [0.717, 1.165) is 27.9 Å². The Labute approximate surface area is 176 Å². The lowest BCUT2D eigenvalue weighted by Crippen LogP contribution is -2.34. The molecule has 0 unspecified atom stereocenters. The van der Waals surface area contributed by atoms with E-state index in [9.17, 15) is 9.59 Å². The zero-order valence-corrected chi connectivity index (χ0v) is 17.2. The van der Waals surface area contributed by atoms with Gasteiger partial charge in [0.05, 0.1) is 5.57 Å². The predicted octanol–water partition coefficient (Wildman–Crippen LogP) is 4.74. The number of para-hydroxylation sites is 1. The van der Waals surface area contributed by atoms with Gasteiger partial charge >= 0.3 is 0 Å². The van der Waals surface area contributed by atoms with Gasteiger partial charge in [-0.15, -0.1) is 0 Å². The van der Waals surface area contributed by atoms with Crippen LogP contribution in [0, 0.1) is 13.8 Å². The molecular formula is C26H24N2O2. The van der Waals surface area contributed by atoms with Gasteiger partial charge in [0, 0.05) is 12.2 Å². The van der Waals surface area contributed by atoms with Gasteiger partial charge in [-0.05, 0) is 43.0 Å². The van der Waals surface area contributed by atoms with Crippen LogP contribution < -0.4 is 5.32 Å². The van der Waals surface area contributed by atoms with Gasteiger partial charge in [-0.25, -0.2) is 0 Å². The van der Waals surface area contributed by atoms with Crippen molar-refractivity contribution < 1.29 is 9.59 Å². The van der Waals surface area contributed by atoms with Crippen molar-refractivity contribution in [2.24, 2.45) is 0 Å². The molecule has 0 radical (unpaired) electrons. The molecule has 0 saturated heterocycles. The fourth-order valence-electron chi connectivity index (χ4n) is 3.62. The van der Waals surface area contributed by atoms with Gasteiger partial charge in [-0.2, -0.15) is 0 Å². The lowest BCUT2D eigenvalue weighted by molar-refractivity contribution is -0.136. The molecule has 1 heterocycles. The molecule has 30 heavy (non-hydrogen) atoms. The highest BCUT2D eigenvalue weighted by molar-refractivity contribution is 6.36. The monoisotopic (exact) mass is 396 g/mol. The maximum atomic E-state index is 13.3. The zero-order valence-electron chi connectivity index (χ0n) is 17.2. The largest absolute Gasteiger partial charge is 0.350 e. The van der Waals surface area contributed by atoms with E-state index in [2.05, 4.69) is 5.32 Å². The Morgan fingerprint density at radius 3 is 2.13 bits per heavy atom. The summed E-state index contributed by atoms with van der Waals surface area (Å²) >= 11 is 0. The van der Waals surface area contributed by atoms with Crippen molar-refractivity contribution >= 4 is 23.1 Å². The second-order valence-electron chi connectivity index (χ2n) is 7.55. The Morgan fingerprint density at radius 2 is 1.43 bits per heavy atom. The normalized spacial score (nSPS) is 13.9. The average Bonchev–Trinajstić information content (AvgIpc) is 2.99.